The second-order valence-electron chi connectivity index (χ2n) is 5.96. The first-order valence-corrected chi connectivity index (χ1v) is 10.0. The number of hydrogen-bond donors (Lipinski definition) is 2. The van der Waals surface area contributed by atoms with Crippen molar-refractivity contribution in [1.29, 1.82) is 0 Å². The molecular formula is C18H14F3N5O2S2. The molecule has 0 aliphatic rings. The Bertz CT molecular complexity index is 1080. The first-order valence-electron chi connectivity index (χ1n) is 8.35. The zero-order chi connectivity index (χ0) is 21.9. The molecule has 7 nitrogen and oxygen atoms in total. The van der Waals surface area contributed by atoms with Crippen LogP contribution < -0.4 is 10.6 Å². The molecule has 30 heavy (non-hydrogen) atoms. The van der Waals surface area contributed by atoms with E-state index >= 15 is 0 Å². The number of rotatable bonds is 6. The predicted octanol–water partition coefficient (Wildman–Crippen LogP) is 4.55. The number of alkyl halides is 3. The molecule has 0 aromatic carbocycles. The minimum Gasteiger partial charge on any atom is -0.306 e. The first-order chi connectivity index (χ1) is 14.2. The zero-order valence-corrected chi connectivity index (χ0v) is 17.0. The average molecular weight is 453 g/mol. The van der Waals surface area contributed by atoms with Gasteiger partial charge in [-0.25, -0.2) is 9.97 Å². The summed E-state index contributed by atoms with van der Waals surface area (Å²) in [7, 11) is 0. The first kappa shape index (κ1) is 21.6. The number of anilines is 2. The largest absolute Gasteiger partial charge is 0.427 e. The summed E-state index contributed by atoms with van der Waals surface area (Å²) in [5.41, 5.74) is 1.26. The van der Waals surface area contributed by atoms with Crippen LogP contribution in [0.2, 0.25) is 0 Å². The molecule has 0 bridgehead atoms. The van der Waals surface area contributed by atoms with Gasteiger partial charge in [0.1, 0.15) is 4.88 Å². The summed E-state index contributed by atoms with van der Waals surface area (Å²) >= 11 is 1.68. The number of halogens is 3. The van der Waals surface area contributed by atoms with Gasteiger partial charge in [0, 0.05) is 15.8 Å². The average Bonchev–Trinajstić information content (AvgIpc) is 3.37. The van der Waals surface area contributed by atoms with Gasteiger partial charge in [-0.1, -0.05) is 17.9 Å². The SMILES string of the molecule is C=CC(=O)Nc1cnc(-c2csc(C(C)C(=O)Nc3ncc(C(F)(F)F)s3)c2)cn1. The molecular weight excluding hydrogens is 439 g/mol. The molecule has 0 radical (unpaired) electrons. The Morgan fingerprint density at radius 1 is 1.17 bits per heavy atom. The molecule has 3 aromatic heterocycles. The van der Waals surface area contributed by atoms with Gasteiger partial charge < -0.3 is 10.6 Å². The molecule has 12 heteroatoms. The molecule has 3 aromatic rings. The van der Waals surface area contributed by atoms with E-state index in [9.17, 15) is 22.8 Å². The van der Waals surface area contributed by atoms with Crippen molar-refractivity contribution in [2.45, 2.75) is 19.0 Å². The van der Waals surface area contributed by atoms with Crippen molar-refractivity contribution in [3.8, 4) is 11.3 Å². The molecule has 0 spiro atoms. The lowest BCUT2D eigenvalue weighted by Gasteiger charge is -2.08. The van der Waals surface area contributed by atoms with Gasteiger partial charge in [0.25, 0.3) is 0 Å². The molecule has 3 heterocycles. The Morgan fingerprint density at radius 3 is 2.53 bits per heavy atom. The number of nitrogens with zero attached hydrogens (tertiary/aromatic N) is 3. The van der Waals surface area contributed by atoms with Gasteiger partial charge in [-0.3, -0.25) is 14.6 Å². The second-order valence-corrected chi connectivity index (χ2v) is 7.93. The maximum absolute atomic E-state index is 12.7. The summed E-state index contributed by atoms with van der Waals surface area (Å²) in [4.78, 5) is 35.4. The van der Waals surface area contributed by atoms with Crippen LogP contribution in [-0.4, -0.2) is 26.8 Å². The van der Waals surface area contributed by atoms with Gasteiger partial charge in [-0.05, 0) is 19.1 Å². The van der Waals surface area contributed by atoms with Gasteiger partial charge in [0.05, 0.1) is 30.2 Å². The molecule has 156 valence electrons. The van der Waals surface area contributed by atoms with Crippen LogP contribution in [0.3, 0.4) is 0 Å². The summed E-state index contributed by atoms with van der Waals surface area (Å²) in [6.45, 7) is 4.99. The Hall–Kier alpha value is -3.12. The summed E-state index contributed by atoms with van der Waals surface area (Å²) in [6, 6.07) is 1.75. The lowest BCUT2D eigenvalue weighted by atomic mass is 10.1. The molecule has 0 saturated heterocycles. The lowest BCUT2D eigenvalue weighted by Crippen LogP contribution is -2.17. The van der Waals surface area contributed by atoms with E-state index in [0.29, 0.717) is 28.1 Å². The number of nitrogens with one attached hydrogen (secondary N) is 2. The highest BCUT2D eigenvalue weighted by atomic mass is 32.1. The number of thiazole rings is 1. The highest BCUT2D eigenvalue weighted by Gasteiger charge is 2.33. The smallest absolute Gasteiger partial charge is 0.306 e. The third-order valence-corrected chi connectivity index (χ3v) is 5.91. The van der Waals surface area contributed by atoms with Gasteiger partial charge in [0.2, 0.25) is 11.8 Å². The van der Waals surface area contributed by atoms with Crippen molar-refractivity contribution >= 4 is 45.4 Å². The van der Waals surface area contributed by atoms with Crippen LogP contribution in [0.1, 0.15) is 22.6 Å². The number of aromatic nitrogens is 3. The van der Waals surface area contributed by atoms with Gasteiger partial charge >= 0.3 is 6.18 Å². The Morgan fingerprint density at radius 2 is 1.93 bits per heavy atom. The Labute approximate surface area is 176 Å². The van der Waals surface area contributed by atoms with E-state index in [4.69, 9.17) is 0 Å². The lowest BCUT2D eigenvalue weighted by molar-refractivity contribution is -0.134. The number of carbonyl (C=O) groups excluding carboxylic acids is 2. The van der Waals surface area contributed by atoms with Crippen LogP contribution in [0.4, 0.5) is 24.1 Å². The second kappa shape index (κ2) is 8.71. The van der Waals surface area contributed by atoms with Crippen molar-refractivity contribution in [3.05, 3.63) is 52.4 Å². The molecule has 0 aliphatic heterocycles. The van der Waals surface area contributed by atoms with Crippen LogP contribution in [0.25, 0.3) is 11.3 Å². The molecule has 1 unspecified atom stereocenters. The van der Waals surface area contributed by atoms with E-state index in [2.05, 4.69) is 32.2 Å². The van der Waals surface area contributed by atoms with E-state index in [1.54, 1.807) is 18.4 Å². The normalized spacial score (nSPS) is 12.3. The molecule has 3 rings (SSSR count). The molecule has 0 aliphatic carbocycles. The summed E-state index contributed by atoms with van der Waals surface area (Å²) < 4.78 is 38.0. The van der Waals surface area contributed by atoms with E-state index in [1.807, 2.05) is 0 Å². The van der Waals surface area contributed by atoms with Crippen molar-refractivity contribution in [3.63, 3.8) is 0 Å². The van der Waals surface area contributed by atoms with Crippen molar-refractivity contribution in [2.24, 2.45) is 0 Å². The highest BCUT2D eigenvalue weighted by Crippen LogP contribution is 2.36. The summed E-state index contributed by atoms with van der Waals surface area (Å²) in [5.74, 6) is -1.22. The van der Waals surface area contributed by atoms with Crippen LogP contribution in [0, 0.1) is 0 Å². The number of amides is 2. The van der Waals surface area contributed by atoms with Gasteiger partial charge in [-0.2, -0.15) is 13.2 Å². The fourth-order valence-electron chi connectivity index (χ4n) is 2.24. The minimum absolute atomic E-state index is 0.112. The topological polar surface area (TPSA) is 96.9 Å². The van der Waals surface area contributed by atoms with Crippen LogP contribution in [0.5, 0.6) is 0 Å². The third-order valence-electron chi connectivity index (χ3n) is 3.84. The third kappa shape index (κ3) is 5.07. The fraction of sp³-hybridized carbons (Fsp3) is 0.167. The van der Waals surface area contributed by atoms with Crippen LogP contribution >= 0.6 is 22.7 Å². The van der Waals surface area contributed by atoms with E-state index < -0.39 is 28.8 Å². The maximum Gasteiger partial charge on any atom is 0.427 e. The predicted molar refractivity (Wildman–Crippen MR) is 108 cm³/mol. The van der Waals surface area contributed by atoms with Crippen molar-refractivity contribution < 1.29 is 22.8 Å². The van der Waals surface area contributed by atoms with Crippen LogP contribution in [0.15, 0.2) is 42.7 Å². The maximum atomic E-state index is 12.7. The Balaban J connectivity index is 1.67. The molecule has 1 atom stereocenters. The van der Waals surface area contributed by atoms with Gasteiger partial charge in [-0.15, -0.1) is 11.3 Å². The molecule has 2 N–H and O–H groups in total. The van der Waals surface area contributed by atoms with Crippen molar-refractivity contribution in [2.75, 3.05) is 10.6 Å². The van der Waals surface area contributed by atoms with E-state index in [0.717, 1.165) is 11.6 Å². The summed E-state index contributed by atoms with van der Waals surface area (Å²) in [5, 5.41) is 6.57. The fourth-order valence-corrected chi connectivity index (χ4v) is 3.88. The minimum atomic E-state index is -4.50. The highest BCUT2D eigenvalue weighted by molar-refractivity contribution is 7.15. The van der Waals surface area contributed by atoms with Gasteiger partial charge in [0.15, 0.2) is 10.9 Å². The molecule has 2 amide bonds. The zero-order valence-electron chi connectivity index (χ0n) is 15.4. The molecule has 0 saturated carbocycles. The van der Waals surface area contributed by atoms with Crippen molar-refractivity contribution in [1.82, 2.24) is 15.0 Å². The van der Waals surface area contributed by atoms with E-state index in [1.165, 1.54) is 23.7 Å². The number of thiophene rings is 1. The standard InChI is InChI=1S/C18H14F3N5O2S2/c1-3-15(27)25-14-7-22-11(5-23-14)10-4-12(29-8-10)9(2)16(28)26-17-24-6-13(30-17)18(19,20)21/h3-9H,1H2,2H3,(H,23,25,27)(H,24,26,28). The number of hydrogen-bond acceptors (Lipinski definition) is 7. The molecule has 0 fully saturated rings. The Kier molecular flexibility index (Phi) is 6.27. The number of carbonyl (C=O) groups is 2. The quantitative estimate of drug-likeness (QED) is 0.534. The van der Waals surface area contributed by atoms with E-state index in [-0.39, 0.29) is 10.9 Å². The van der Waals surface area contributed by atoms with Crippen LogP contribution in [-0.2, 0) is 15.8 Å². The summed E-state index contributed by atoms with van der Waals surface area (Å²) in [6.07, 6.45) is 0.172. The monoisotopic (exact) mass is 453 g/mol.